The Kier molecular flexibility index (Phi) is 5.26. The first kappa shape index (κ1) is 18.0. The molecule has 1 aliphatic rings. The summed E-state index contributed by atoms with van der Waals surface area (Å²) in [5.41, 5.74) is 3.11. The van der Waals surface area contributed by atoms with Crippen molar-refractivity contribution in [3.05, 3.63) is 42.4 Å². The summed E-state index contributed by atoms with van der Waals surface area (Å²) in [5.74, 6) is 1.65. The average molecular weight is 371 g/mol. The predicted octanol–water partition coefficient (Wildman–Crippen LogP) is 2.11. The molecule has 26 heavy (non-hydrogen) atoms. The van der Waals surface area contributed by atoms with Crippen LogP contribution in [0.15, 0.2) is 36.8 Å². The number of hydrogen-bond acceptors (Lipinski definition) is 6. The number of nitrogens with zero attached hydrogens (tertiary/aromatic N) is 5. The molecule has 1 N–H and O–H groups in total. The Morgan fingerprint density at radius 2 is 2.04 bits per heavy atom. The van der Waals surface area contributed by atoms with Gasteiger partial charge in [0.15, 0.2) is 0 Å². The largest absolute Gasteiger partial charge is 0.495 e. The lowest BCUT2D eigenvalue weighted by Crippen LogP contribution is -2.43. The first-order valence-electron chi connectivity index (χ1n) is 8.18. The molecule has 1 saturated heterocycles. The Bertz CT molecular complexity index is 941. The molecule has 0 atom stereocenters. The van der Waals surface area contributed by atoms with Gasteiger partial charge in [0.05, 0.1) is 30.6 Å². The van der Waals surface area contributed by atoms with Gasteiger partial charge in [-0.2, -0.15) is 10.4 Å². The summed E-state index contributed by atoms with van der Waals surface area (Å²) in [7, 11) is 1.62. The van der Waals surface area contributed by atoms with E-state index in [1.165, 1.54) is 0 Å². The van der Waals surface area contributed by atoms with E-state index in [0.29, 0.717) is 11.3 Å². The zero-order valence-corrected chi connectivity index (χ0v) is 15.2. The van der Waals surface area contributed by atoms with Crippen LogP contribution < -0.4 is 15.0 Å². The normalized spacial score (nSPS) is 13.9. The average Bonchev–Trinajstić information content (AvgIpc) is 3.11. The Balaban J connectivity index is 0.00000196. The van der Waals surface area contributed by atoms with E-state index in [-0.39, 0.29) is 12.4 Å². The highest BCUT2D eigenvalue weighted by molar-refractivity contribution is 5.85. The van der Waals surface area contributed by atoms with Crippen molar-refractivity contribution in [2.24, 2.45) is 0 Å². The van der Waals surface area contributed by atoms with Gasteiger partial charge in [-0.1, -0.05) is 0 Å². The number of ether oxygens (including phenoxy) is 1. The van der Waals surface area contributed by atoms with Gasteiger partial charge < -0.3 is 15.0 Å². The summed E-state index contributed by atoms with van der Waals surface area (Å²) in [5, 5.41) is 17.0. The standard InChI is InChI=1S/C18H18N6O.ClH/c1-25-15-8-16(18-14(9-19)11-22-24(18)12-15)13-2-3-17(21-10-13)23-6-4-20-5-7-23;/h2-3,8,10-12,20H,4-7H2,1H3;1H. The SMILES string of the molecule is COc1cc(-c2ccc(N3CCNCC3)nc2)c2c(C#N)cnn2c1.Cl. The second-order valence-electron chi connectivity index (χ2n) is 5.90. The maximum Gasteiger partial charge on any atom is 0.137 e. The molecule has 8 heteroatoms. The Morgan fingerprint density at radius 3 is 2.69 bits per heavy atom. The van der Waals surface area contributed by atoms with E-state index in [9.17, 15) is 5.26 Å². The van der Waals surface area contributed by atoms with Crippen LogP contribution in [0.5, 0.6) is 5.75 Å². The number of halogens is 1. The zero-order valence-electron chi connectivity index (χ0n) is 14.3. The minimum Gasteiger partial charge on any atom is -0.495 e. The predicted molar refractivity (Wildman–Crippen MR) is 102 cm³/mol. The molecule has 1 aliphatic heterocycles. The number of piperazine rings is 1. The molecular weight excluding hydrogens is 352 g/mol. The summed E-state index contributed by atoms with van der Waals surface area (Å²) >= 11 is 0. The number of pyridine rings is 2. The Labute approximate surface area is 157 Å². The van der Waals surface area contributed by atoms with E-state index >= 15 is 0 Å². The lowest BCUT2D eigenvalue weighted by molar-refractivity contribution is 0.412. The highest BCUT2D eigenvalue weighted by atomic mass is 35.5. The lowest BCUT2D eigenvalue weighted by atomic mass is 10.1. The molecule has 7 nitrogen and oxygen atoms in total. The third kappa shape index (κ3) is 3.17. The molecular formula is C18H19ClN6O. The van der Waals surface area contributed by atoms with Crippen LogP contribution in [0.1, 0.15) is 5.56 Å². The van der Waals surface area contributed by atoms with Crippen LogP contribution >= 0.6 is 12.4 Å². The van der Waals surface area contributed by atoms with Gasteiger partial charge in [-0.15, -0.1) is 12.4 Å². The molecule has 3 aromatic heterocycles. The van der Waals surface area contributed by atoms with Crippen molar-refractivity contribution in [2.45, 2.75) is 0 Å². The van der Waals surface area contributed by atoms with Crippen molar-refractivity contribution in [3.63, 3.8) is 0 Å². The van der Waals surface area contributed by atoms with Crippen molar-refractivity contribution in [1.82, 2.24) is 19.9 Å². The van der Waals surface area contributed by atoms with E-state index < -0.39 is 0 Å². The molecule has 0 aliphatic carbocycles. The number of nitrogens with one attached hydrogen (secondary N) is 1. The van der Waals surface area contributed by atoms with E-state index in [1.54, 1.807) is 24.0 Å². The van der Waals surface area contributed by atoms with Gasteiger partial charge in [-0.05, 0) is 18.2 Å². The Hall–Kier alpha value is -2.82. The van der Waals surface area contributed by atoms with Gasteiger partial charge in [0, 0.05) is 43.5 Å². The van der Waals surface area contributed by atoms with Gasteiger partial charge in [-0.25, -0.2) is 9.50 Å². The quantitative estimate of drug-likeness (QED) is 0.760. The van der Waals surface area contributed by atoms with Crippen LogP contribution in [0.2, 0.25) is 0 Å². The molecule has 3 aromatic rings. The summed E-state index contributed by atoms with van der Waals surface area (Å²) in [4.78, 5) is 6.89. The maximum atomic E-state index is 9.37. The summed E-state index contributed by atoms with van der Waals surface area (Å²) in [6.45, 7) is 3.86. The van der Waals surface area contributed by atoms with E-state index in [4.69, 9.17) is 4.74 Å². The lowest BCUT2D eigenvalue weighted by Gasteiger charge is -2.28. The Morgan fingerprint density at radius 1 is 1.23 bits per heavy atom. The van der Waals surface area contributed by atoms with Gasteiger partial charge in [0.1, 0.15) is 17.6 Å². The van der Waals surface area contributed by atoms with Crippen molar-refractivity contribution >= 4 is 23.7 Å². The second-order valence-corrected chi connectivity index (χ2v) is 5.90. The summed E-state index contributed by atoms with van der Waals surface area (Å²) < 4.78 is 7.04. The number of aromatic nitrogens is 3. The summed E-state index contributed by atoms with van der Waals surface area (Å²) in [6.07, 6.45) is 5.18. The van der Waals surface area contributed by atoms with Crippen molar-refractivity contribution < 1.29 is 4.74 Å². The number of anilines is 1. The number of fused-ring (bicyclic) bond motifs is 1. The third-order valence-electron chi connectivity index (χ3n) is 4.44. The van der Waals surface area contributed by atoms with Gasteiger partial charge in [0.25, 0.3) is 0 Å². The van der Waals surface area contributed by atoms with E-state index in [0.717, 1.165) is 48.6 Å². The van der Waals surface area contributed by atoms with Gasteiger partial charge in [0.2, 0.25) is 0 Å². The minimum absolute atomic E-state index is 0. The number of methoxy groups -OCH3 is 1. The highest BCUT2D eigenvalue weighted by Gasteiger charge is 2.15. The first-order chi connectivity index (χ1) is 12.3. The molecule has 0 radical (unpaired) electrons. The van der Waals surface area contributed by atoms with Crippen LogP contribution in [0, 0.1) is 11.3 Å². The van der Waals surface area contributed by atoms with Crippen LogP contribution in [0.25, 0.3) is 16.6 Å². The smallest absolute Gasteiger partial charge is 0.137 e. The van der Waals surface area contributed by atoms with Crippen molar-refractivity contribution in [1.29, 1.82) is 5.26 Å². The van der Waals surface area contributed by atoms with Crippen LogP contribution in [-0.2, 0) is 0 Å². The van der Waals surface area contributed by atoms with Crippen LogP contribution in [0.4, 0.5) is 5.82 Å². The van der Waals surface area contributed by atoms with Gasteiger partial charge >= 0.3 is 0 Å². The molecule has 0 saturated carbocycles. The molecule has 0 unspecified atom stereocenters. The van der Waals surface area contributed by atoms with E-state index in [1.807, 2.05) is 24.4 Å². The van der Waals surface area contributed by atoms with Gasteiger partial charge in [-0.3, -0.25) is 0 Å². The number of hydrogen-bond donors (Lipinski definition) is 1. The van der Waals surface area contributed by atoms with Crippen molar-refractivity contribution in [3.8, 4) is 22.9 Å². The number of nitriles is 1. The van der Waals surface area contributed by atoms with Crippen LogP contribution in [0.3, 0.4) is 0 Å². The highest BCUT2D eigenvalue weighted by Crippen LogP contribution is 2.31. The fourth-order valence-corrected chi connectivity index (χ4v) is 3.14. The molecule has 0 aromatic carbocycles. The monoisotopic (exact) mass is 370 g/mol. The zero-order chi connectivity index (χ0) is 17.2. The molecule has 0 bridgehead atoms. The minimum atomic E-state index is 0. The molecule has 4 rings (SSSR count). The topological polar surface area (TPSA) is 78.5 Å². The molecule has 1 fully saturated rings. The molecule has 0 spiro atoms. The molecule has 0 amide bonds. The molecule has 4 heterocycles. The number of rotatable bonds is 3. The molecule has 134 valence electrons. The maximum absolute atomic E-state index is 9.37. The van der Waals surface area contributed by atoms with Crippen LogP contribution in [-0.4, -0.2) is 47.9 Å². The van der Waals surface area contributed by atoms with Crippen molar-refractivity contribution in [2.75, 3.05) is 38.2 Å². The first-order valence-corrected chi connectivity index (χ1v) is 8.18. The fourth-order valence-electron chi connectivity index (χ4n) is 3.14. The fraction of sp³-hybridized carbons (Fsp3) is 0.278. The second kappa shape index (κ2) is 7.60. The van der Waals surface area contributed by atoms with E-state index in [2.05, 4.69) is 26.4 Å². The summed E-state index contributed by atoms with van der Waals surface area (Å²) in [6, 6.07) is 8.18. The third-order valence-corrected chi connectivity index (χ3v) is 4.44.